The maximum absolute atomic E-state index is 2.47. The summed E-state index contributed by atoms with van der Waals surface area (Å²) in [5.74, 6) is 0. The Bertz CT molecular complexity index is 3480. The summed E-state index contributed by atoms with van der Waals surface area (Å²) in [5.41, 5.74) is 16.3. The predicted octanol–water partition coefficient (Wildman–Crippen LogP) is 16.3. The van der Waals surface area contributed by atoms with Gasteiger partial charge in [0, 0.05) is 5.41 Å². The molecule has 0 saturated heterocycles. The maximum atomic E-state index is 2.47. The standard InChI is InChI=1S/C60H40/c1-60(46-24-6-3-7-25-46)55-38-44(32-33-49(55)54-36-42-20-8-9-21-43(42)37-56(54)60)41-22-16-23-45(35-41)57-51-29-14-15-30-52(51)59(58-48-27-11-10-19-40(48)31-34-53(57)58)50-28-13-12-26-47(50)39-17-4-2-5-18-39/h2-38H,1H3. The first-order valence-corrected chi connectivity index (χ1v) is 21.0. The monoisotopic (exact) mass is 760 g/mol. The number of hydrogen-bond acceptors (Lipinski definition) is 0. The first-order chi connectivity index (χ1) is 29.6. The Hall–Kier alpha value is -7.54. The van der Waals surface area contributed by atoms with E-state index in [1.165, 1.54) is 115 Å². The van der Waals surface area contributed by atoms with Crippen LogP contribution in [0.2, 0.25) is 0 Å². The largest absolute Gasteiger partial charge is 0.0622 e. The minimum Gasteiger partial charge on any atom is -0.0622 e. The van der Waals surface area contributed by atoms with Crippen molar-refractivity contribution in [3.63, 3.8) is 0 Å². The van der Waals surface area contributed by atoms with Crippen LogP contribution < -0.4 is 0 Å². The van der Waals surface area contributed by atoms with E-state index in [4.69, 9.17) is 0 Å². The summed E-state index contributed by atoms with van der Waals surface area (Å²) in [4.78, 5) is 0. The smallest absolute Gasteiger partial charge is 0.0435 e. The molecule has 0 aliphatic heterocycles. The summed E-state index contributed by atoms with van der Waals surface area (Å²) < 4.78 is 0. The molecule has 1 aliphatic carbocycles. The number of rotatable bonds is 5. The third-order valence-corrected chi connectivity index (χ3v) is 13.3. The molecule has 0 amide bonds. The fourth-order valence-electron chi connectivity index (χ4n) is 10.4. The molecular formula is C60H40. The Morgan fingerprint density at radius 1 is 0.283 bits per heavy atom. The topological polar surface area (TPSA) is 0 Å². The van der Waals surface area contributed by atoms with Gasteiger partial charge in [0.25, 0.3) is 0 Å². The van der Waals surface area contributed by atoms with Crippen molar-refractivity contribution in [2.75, 3.05) is 0 Å². The molecule has 1 unspecified atom stereocenters. The van der Waals surface area contributed by atoms with Gasteiger partial charge in [0.15, 0.2) is 0 Å². The van der Waals surface area contributed by atoms with Crippen LogP contribution in [0.25, 0.3) is 98.7 Å². The summed E-state index contributed by atoms with van der Waals surface area (Å²) in [6, 6.07) is 83.4. The van der Waals surface area contributed by atoms with Gasteiger partial charge in [0.2, 0.25) is 0 Å². The molecule has 0 heterocycles. The van der Waals surface area contributed by atoms with Gasteiger partial charge < -0.3 is 0 Å². The minimum atomic E-state index is -0.303. The molecule has 0 aromatic heterocycles. The summed E-state index contributed by atoms with van der Waals surface area (Å²) in [5, 5.41) is 10.1. The molecular weight excluding hydrogens is 721 g/mol. The lowest BCUT2D eigenvalue weighted by atomic mass is 9.73. The molecule has 1 atom stereocenters. The summed E-state index contributed by atoms with van der Waals surface area (Å²) in [7, 11) is 0. The highest BCUT2D eigenvalue weighted by Gasteiger charge is 2.41. The molecule has 11 aromatic rings. The van der Waals surface area contributed by atoms with Gasteiger partial charge in [-0.3, -0.25) is 0 Å². The third kappa shape index (κ3) is 5.17. The van der Waals surface area contributed by atoms with E-state index in [9.17, 15) is 0 Å². The number of hydrogen-bond donors (Lipinski definition) is 0. The highest BCUT2D eigenvalue weighted by molar-refractivity contribution is 6.28. The van der Waals surface area contributed by atoms with Crippen LogP contribution in [0.4, 0.5) is 0 Å². The van der Waals surface area contributed by atoms with E-state index in [2.05, 4.69) is 231 Å². The molecule has 0 spiro atoms. The summed E-state index contributed by atoms with van der Waals surface area (Å²) >= 11 is 0. The van der Waals surface area contributed by atoms with Gasteiger partial charge in [-0.05, 0) is 147 Å². The van der Waals surface area contributed by atoms with Crippen LogP contribution >= 0.6 is 0 Å². The molecule has 280 valence electrons. The van der Waals surface area contributed by atoms with Crippen molar-refractivity contribution >= 4 is 43.1 Å². The Kier molecular flexibility index (Phi) is 7.77. The minimum absolute atomic E-state index is 0.303. The third-order valence-electron chi connectivity index (χ3n) is 13.3. The fraction of sp³-hybridized carbons (Fsp3) is 0.0333. The zero-order valence-corrected chi connectivity index (χ0v) is 33.4. The first-order valence-electron chi connectivity index (χ1n) is 21.0. The Balaban J connectivity index is 1.09. The lowest BCUT2D eigenvalue weighted by Crippen LogP contribution is -2.22. The average Bonchev–Trinajstić information content (AvgIpc) is 3.57. The van der Waals surface area contributed by atoms with Gasteiger partial charge >= 0.3 is 0 Å². The molecule has 60 heavy (non-hydrogen) atoms. The Morgan fingerprint density at radius 2 is 0.850 bits per heavy atom. The number of benzene rings is 11. The lowest BCUT2D eigenvalue weighted by Gasteiger charge is -2.29. The fourth-order valence-corrected chi connectivity index (χ4v) is 10.4. The molecule has 12 rings (SSSR count). The van der Waals surface area contributed by atoms with Crippen molar-refractivity contribution in [3.05, 3.63) is 241 Å². The second-order valence-electron chi connectivity index (χ2n) is 16.5. The predicted molar refractivity (Wildman–Crippen MR) is 256 cm³/mol. The Morgan fingerprint density at radius 3 is 1.63 bits per heavy atom. The van der Waals surface area contributed by atoms with Crippen LogP contribution in [0.1, 0.15) is 23.6 Å². The highest BCUT2D eigenvalue weighted by Crippen LogP contribution is 2.55. The van der Waals surface area contributed by atoms with Gasteiger partial charge in [0.05, 0.1) is 0 Å². The van der Waals surface area contributed by atoms with Crippen LogP contribution in [0.5, 0.6) is 0 Å². The summed E-state index contributed by atoms with van der Waals surface area (Å²) in [6.07, 6.45) is 0. The molecule has 11 aromatic carbocycles. The van der Waals surface area contributed by atoms with E-state index < -0.39 is 0 Å². The first kappa shape index (κ1) is 34.5. The van der Waals surface area contributed by atoms with E-state index in [1.807, 2.05) is 0 Å². The van der Waals surface area contributed by atoms with E-state index >= 15 is 0 Å². The molecule has 0 bridgehead atoms. The average molecular weight is 761 g/mol. The van der Waals surface area contributed by atoms with Gasteiger partial charge in [0.1, 0.15) is 0 Å². The highest BCUT2D eigenvalue weighted by atomic mass is 14.4. The zero-order valence-electron chi connectivity index (χ0n) is 33.4. The second kappa shape index (κ2) is 13.5. The van der Waals surface area contributed by atoms with Gasteiger partial charge in [-0.1, -0.05) is 200 Å². The van der Waals surface area contributed by atoms with Crippen LogP contribution in [0, 0.1) is 0 Å². The quantitative estimate of drug-likeness (QED) is 0.121. The van der Waals surface area contributed by atoms with E-state index in [0.717, 1.165) is 0 Å². The molecule has 0 fully saturated rings. The van der Waals surface area contributed by atoms with Crippen LogP contribution in [0.15, 0.2) is 224 Å². The van der Waals surface area contributed by atoms with Gasteiger partial charge in [-0.15, -0.1) is 0 Å². The number of fused-ring (bicyclic) bond motifs is 8. The zero-order chi connectivity index (χ0) is 39.8. The van der Waals surface area contributed by atoms with Crippen LogP contribution in [-0.4, -0.2) is 0 Å². The molecule has 0 N–H and O–H groups in total. The summed E-state index contributed by atoms with van der Waals surface area (Å²) in [6.45, 7) is 2.42. The molecule has 0 radical (unpaired) electrons. The van der Waals surface area contributed by atoms with Crippen molar-refractivity contribution in [3.8, 4) is 55.6 Å². The Labute approximate surface area is 350 Å². The molecule has 0 heteroatoms. The normalized spacial score (nSPS) is 14.5. The van der Waals surface area contributed by atoms with Crippen molar-refractivity contribution in [2.24, 2.45) is 0 Å². The second-order valence-corrected chi connectivity index (χ2v) is 16.5. The molecule has 0 nitrogen and oxygen atoms in total. The van der Waals surface area contributed by atoms with Crippen LogP contribution in [-0.2, 0) is 5.41 Å². The van der Waals surface area contributed by atoms with Crippen molar-refractivity contribution < 1.29 is 0 Å². The van der Waals surface area contributed by atoms with Gasteiger partial charge in [-0.25, -0.2) is 0 Å². The molecule has 0 saturated carbocycles. The van der Waals surface area contributed by atoms with Crippen LogP contribution in [0.3, 0.4) is 0 Å². The van der Waals surface area contributed by atoms with Gasteiger partial charge in [-0.2, -0.15) is 0 Å². The van der Waals surface area contributed by atoms with Crippen molar-refractivity contribution in [1.29, 1.82) is 0 Å². The SMILES string of the molecule is CC1(c2ccccc2)c2cc(-c3cccc(-c4c5ccccc5c(-c5ccccc5-c5ccccc5)c5c4ccc4ccccc45)c3)ccc2-c2cc3ccccc3cc21. The maximum Gasteiger partial charge on any atom is 0.0435 e. The van der Waals surface area contributed by atoms with Crippen molar-refractivity contribution in [2.45, 2.75) is 12.3 Å². The van der Waals surface area contributed by atoms with E-state index in [-0.39, 0.29) is 5.41 Å². The van der Waals surface area contributed by atoms with E-state index in [0.29, 0.717) is 0 Å². The lowest BCUT2D eigenvalue weighted by molar-refractivity contribution is 0.715. The molecule has 1 aliphatic rings. The van der Waals surface area contributed by atoms with E-state index in [1.54, 1.807) is 0 Å². The van der Waals surface area contributed by atoms with Crippen molar-refractivity contribution in [1.82, 2.24) is 0 Å².